The Morgan fingerprint density at radius 1 is 1.29 bits per heavy atom. The van der Waals surface area contributed by atoms with Crippen LogP contribution in [0.4, 0.5) is 13.2 Å². The van der Waals surface area contributed by atoms with Crippen molar-refractivity contribution >= 4 is 24.5 Å². The second-order valence-corrected chi connectivity index (χ2v) is 7.61. The van der Waals surface area contributed by atoms with Crippen LogP contribution >= 0.6 is 0 Å². The monoisotopic (exact) mass is 412 g/mol. The van der Waals surface area contributed by atoms with Crippen LogP contribution in [0, 0.1) is 0 Å². The average molecular weight is 410 g/mol. The molecule has 1 fully saturated rings. The van der Waals surface area contributed by atoms with Gasteiger partial charge in [0.25, 0.3) is 0 Å². The third-order valence-corrected chi connectivity index (χ3v) is 6.07. The molecule has 1 aromatic rings. The molecule has 2 rings (SSSR count). The van der Waals surface area contributed by atoms with E-state index in [1.54, 1.807) is 12.1 Å². The maximum atomic E-state index is 12.5. The first-order valence-corrected chi connectivity index (χ1v) is 9.24. The van der Waals surface area contributed by atoms with Gasteiger partial charge in [0, 0.05) is 0 Å². The molecule has 1 aliphatic rings. The molecule has 21 heavy (non-hydrogen) atoms. The molecule has 0 saturated carbocycles. The van der Waals surface area contributed by atoms with Crippen molar-refractivity contribution in [1.82, 2.24) is 0 Å². The molecule has 1 aliphatic heterocycles. The number of ether oxygens (including phenoxy) is 1. The molecule has 1 saturated heterocycles. The van der Waals surface area contributed by atoms with Gasteiger partial charge in [0.05, 0.1) is 0 Å². The molecular weight excluding hydrogens is 393 g/mol. The first-order chi connectivity index (χ1) is 9.99. The summed E-state index contributed by atoms with van der Waals surface area (Å²) in [7, 11) is 0. The van der Waals surface area contributed by atoms with Crippen molar-refractivity contribution in [2.45, 2.75) is 31.5 Å². The van der Waals surface area contributed by atoms with Gasteiger partial charge < -0.3 is 0 Å². The number of allylic oxidation sites excluding steroid dienone is 1. The quantitative estimate of drug-likeness (QED) is 0.532. The average Bonchev–Trinajstić information content (AvgIpc) is 2.90. The van der Waals surface area contributed by atoms with E-state index in [1.807, 2.05) is 6.08 Å². The molecule has 5 heteroatoms. The summed E-state index contributed by atoms with van der Waals surface area (Å²) in [5, 5.41) is 0. The van der Waals surface area contributed by atoms with Crippen LogP contribution in [-0.2, 0) is 10.9 Å². The molecular formula is C16H17F3OTe. The Kier molecular flexibility index (Phi) is 5.92. The van der Waals surface area contributed by atoms with Crippen molar-refractivity contribution in [2.24, 2.45) is 0 Å². The Morgan fingerprint density at radius 2 is 2.00 bits per heavy atom. The SMILES string of the molecule is C=CCCC1C/C(=C/[Te]c2ccc(C(F)(F)F)cc2)CO1. The number of benzene rings is 1. The minimum absolute atomic E-state index is 0.273. The first-order valence-electron chi connectivity index (χ1n) is 6.73. The zero-order valence-electron chi connectivity index (χ0n) is 11.5. The van der Waals surface area contributed by atoms with Gasteiger partial charge in [-0.3, -0.25) is 0 Å². The van der Waals surface area contributed by atoms with Gasteiger partial charge in [0.1, 0.15) is 0 Å². The Hall–Kier alpha value is -0.760. The fraction of sp³-hybridized carbons (Fsp3) is 0.375. The van der Waals surface area contributed by atoms with Crippen molar-refractivity contribution in [1.29, 1.82) is 0 Å². The van der Waals surface area contributed by atoms with Gasteiger partial charge in [-0.25, -0.2) is 0 Å². The Labute approximate surface area is 133 Å². The van der Waals surface area contributed by atoms with E-state index in [0.717, 1.165) is 35.0 Å². The molecule has 0 aromatic heterocycles. The summed E-state index contributed by atoms with van der Waals surface area (Å²) in [6, 6.07) is 5.51. The van der Waals surface area contributed by atoms with E-state index in [0.29, 0.717) is 6.61 Å². The molecule has 0 radical (unpaired) electrons. The van der Waals surface area contributed by atoms with Crippen molar-refractivity contribution < 1.29 is 17.9 Å². The van der Waals surface area contributed by atoms with E-state index in [2.05, 4.69) is 10.7 Å². The molecule has 1 heterocycles. The summed E-state index contributed by atoms with van der Waals surface area (Å²) < 4.78 is 46.3. The minimum atomic E-state index is -4.25. The molecule has 0 aliphatic carbocycles. The number of rotatable bonds is 5. The number of hydrogen-bond donors (Lipinski definition) is 0. The van der Waals surface area contributed by atoms with Crippen molar-refractivity contribution in [3.05, 3.63) is 52.2 Å². The molecule has 0 amide bonds. The molecule has 0 spiro atoms. The summed E-state index contributed by atoms with van der Waals surface area (Å²) in [5.41, 5.74) is 0.700. The van der Waals surface area contributed by atoms with Crippen molar-refractivity contribution in [3.63, 3.8) is 0 Å². The predicted octanol–water partition coefficient (Wildman–Crippen LogP) is 3.67. The molecule has 1 unspecified atom stereocenters. The van der Waals surface area contributed by atoms with Gasteiger partial charge >= 0.3 is 133 Å². The van der Waals surface area contributed by atoms with Gasteiger partial charge in [-0.2, -0.15) is 0 Å². The topological polar surface area (TPSA) is 9.23 Å². The van der Waals surface area contributed by atoms with Crippen LogP contribution in [0.1, 0.15) is 24.8 Å². The van der Waals surface area contributed by atoms with Crippen LogP contribution in [0.2, 0.25) is 0 Å². The van der Waals surface area contributed by atoms with Crippen LogP contribution in [-0.4, -0.2) is 33.6 Å². The zero-order chi connectivity index (χ0) is 15.3. The number of hydrogen-bond acceptors (Lipinski definition) is 1. The fourth-order valence-electron chi connectivity index (χ4n) is 2.08. The normalized spacial score (nSPS) is 20.9. The van der Waals surface area contributed by atoms with Crippen LogP contribution in [0.5, 0.6) is 0 Å². The van der Waals surface area contributed by atoms with E-state index in [1.165, 1.54) is 5.57 Å². The Morgan fingerprint density at radius 3 is 2.62 bits per heavy atom. The predicted molar refractivity (Wildman–Crippen MR) is 78.7 cm³/mol. The molecule has 1 nitrogen and oxygen atoms in total. The van der Waals surface area contributed by atoms with E-state index in [4.69, 9.17) is 4.74 Å². The van der Waals surface area contributed by atoms with Gasteiger partial charge in [-0.1, -0.05) is 0 Å². The van der Waals surface area contributed by atoms with E-state index in [-0.39, 0.29) is 6.10 Å². The second kappa shape index (κ2) is 7.49. The Balaban J connectivity index is 1.88. The van der Waals surface area contributed by atoms with Crippen molar-refractivity contribution in [2.75, 3.05) is 6.61 Å². The van der Waals surface area contributed by atoms with Gasteiger partial charge in [-0.05, 0) is 0 Å². The summed E-state index contributed by atoms with van der Waals surface area (Å²) >= 11 is -0.588. The van der Waals surface area contributed by atoms with Crippen LogP contribution in [0.25, 0.3) is 0 Å². The molecule has 1 aromatic carbocycles. The van der Waals surface area contributed by atoms with E-state index >= 15 is 0 Å². The molecule has 0 bridgehead atoms. The molecule has 1 atom stereocenters. The van der Waals surface area contributed by atoms with Gasteiger partial charge in [-0.15, -0.1) is 0 Å². The van der Waals surface area contributed by atoms with Crippen molar-refractivity contribution in [3.8, 4) is 0 Å². The maximum absolute atomic E-state index is 12.5. The second-order valence-electron chi connectivity index (χ2n) is 4.92. The summed E-state index contributed by atoms with van der Waals surface area (Å²) in [6.45, 7) is 4.36. The van der Waals surface area contributed by atoms with Gasteiger partial charge in [0.15, 0.2) is 0 Å². The van der Waals surface area contributed by atoms with Gasteiger partial charge in [0.2, 0.25) is 0 Å². The fourth-order valence-corrected chi connectivity index (χ4v) is 4.25. The van der Waals surface area contributed by atoms with Crippen LogP contribution < -0.4 is 3.61 Å². The van der Waals surface area contributed by atoms with Crippen LogP contribution in [0.3, 0.4) is 0 Å². The van der Waals surface area contributed by atoms with E-state index < -0.39 is 32.7 Å². The zero-order valence-corrected chi connectivity index (χ0v) is 13.9. The molecule has 0 N–H and O–H groups in total. The Bertz CT molecular complexity index is 505. The summed E-state index contributed by atoms with van der Waals surface area (Å²) in [5.74, 6) is 0. The first kappa shape index (κ1) is 16.6. The number of halogens is 3. The summed E-state index contributed by atoms with van der Waals surface area (Å²) in [4.78, 5) is 0. The standard InChI is InChI=1S/C16H17F3OTe/c1-2-3-4-14-9-12(10-20-14)11-21-15-7-5-13(6-8-15)16(17,18)19/h2,5-8,11,14H,1,3-4,9-10H2/b12-11-. The third kappa shape index (κ3) is 5.18. The van der Waals surface area contributed by atoms with Crippen LogP contribution in [0.15, 0.2) is 46.6 Å². The third-order valence-electron chi connectivity index (χ3n) is 3.23. The molecule has 114 valence electrons. The number of alkyl halides is 3. The van der Waals surface area contributed by atoms with E-state index in [9.17, 15) is 13.2 Å². The summed E-state index contributed by atoms with van der Waals surface area (Å²) in [6.07, 6.45) is 0.792.